The van der Waals surface area contributed by atoms with Gasteiger partial charge in [0.25, 0.3) is 10.0 Å². The lowest BCUT2D eigenvalue weighted by Gasteiger charge is -2.21. The maximum Gasteiger partial charge on any atom is 0.271 e. The fraction of sp³-hybridized carbons (Fsp3) is 0.111. The highest BCUT2D eigenvalue weighted by Crippen LogP contribution is 2.36. The zero-order chi connectivity index (χ0) is 18.9. The van der Waals surface area contributed by atoms with Crippen LogP contribution in [0.2, 0.25) is 0 Å². The predicted molar refractivity (Wildman–Crippen MR) is 93.4 cm³/mol. The van der Waals surface area contributed by atoms with Crippen LogP contribution in [0.4, 0.5) is 10.1 Å². The quantitative estimate of drug-likeness (QED) is 0.698. The fourth-order valence-electron chi connectivity index (χ4n) is 2.58. The van der Waals surface area contributed by atoms with Gasteiger partial charge in [-0.05, 0) is 31.2 Å². The standard InChI is InChI=1S/C18H15FN2O4S/c1-12-18(17(20-25-12)14-7-6-8-15(19)11-14)21(13(2)22)26(23,24)16-9-4-3-5-10-16/h3-11H,1-2H3. The number of hydrogen-bond donors (Lipinski definition) is 0. The van der Waals surface area contributed by atoms with Crippen molar-refractivity contribution in [1.29, 1.82) is 0 Å². The van der Waals surface area contributed by atoms with Crippen LogP contribution in [0, 0.1) is 12.7 Å². The van der Waals surface area contributed by atoms with Gasteiger partial charge in [0, 0.05) is 12.5 Å². The maximum atomic E-state index is 13.6. The molecule has 0 saturated carbocycles. The molecule has 0 aliphatic carbocycles. The van der Waals surface area contributed by atoms with Crippen molar-refractivity contribution in [2.45, 2.75) is 18.7 Å². The summed E-state index contributed by atoms with van der Waals surface area (Å²) in [5.74, 6) is -1.13. The summed E-state index contributed by atoms with van der Waals surface area (Å²) >= 11 is 0. The van der Waals surface area contributed by atoms with Gasteiger partial charge in [0.1, 0.15) is 17.2 Å². The van der Waals surface area contributed by atoms with Crippen LogP contribution < -0.4 is 4.31 Å². The molecule has 3 rings (SSSR count). The van der Waals surface area contributed by atoms with Crippen molar-refractivity contribution in [1.82, 2.24) is 5.16 Å². The molecule has 0 aliphatic rings. The number of hydrogen-bond acceptors (Lipinski definition) is 5. The van der Waals surface area contributed by atoms with Gasteiger partial charge >= 0.3 is 0 Å². The third-order valence-electron chi connectivity index (χ3n) is 3.70. The molecular formula is C18H15FN2O4S. The number of amides is 1. The molecular weight excluding hydrogens is 359 g/mol. The average Bonchev–Trinajstić information content (AvgIpc) is 2.97. The molecule has 0 saturated heterocycles. The van der Waals surface area contributed by atoms with E-state index < -0.39 is 21.7 Å². The SMILES string of the molecule is CC(=O)N(c1c(-c2cccc(F)c2)noc1C)S(=O)(=O)c1ccccc1. The highest BCUT2D eigenvalue weighted by molar-refractivity contribution is 7.93. The van der Waals surface area contributed by atoms with Crippen LogP contribution in [-0.2, 0) is 14.8 Å². The Morgan fingerprint density at radius 3 is 2.42 bits per heavy atom. The molecule has 8 heteroatoms. The molecule has 0 atom stereocenters. The second-order valence-corrected chi connectivity index (χ2v) is 7.33. The second-order valence-electron chi connectivity index (χ2n) is 5.55. The van der Waals surface area contributed by atoms with Gasteiger partial charge in [-0.1, -0.05) is 35.5 Å². The molecule has 1 amide bonds. The summed E-state index contributed by atoms with van der Waals surface area (Å²) in [6.45, 7) is 2.61. The van der Waals surface area contributed by atoms with Crippen molar-refractivity contribution in [3.63, 3.8) is 0 Å². The number of aryl methyl sites for hydroxylation is 1. The number of anilines is 1. The Morgan fingerprint density at radius 2 is 1.81 bits per heavy atom. The maximum absolute atomic E-state index is 13.6. The van der Waals surface area contributed by atoms with E-state index in [1.165, 1.54) is 37.3 Å². The predicted octanol–water partition coefficient (Wildman–Crippen LogP) is 3.53. The van der Waals surface area contributed by atoms with E-state index in [-0.39, 0.29) is 22.0 Å². The number of carbonyl (C=O) groups excluding carboxylic acids is 1. The highest BCUT2D eigenvalue weighted by Gasteiger charge is 2.34. The zero-order valence-electron chi connectivity index (χ0n) is 14.0. The Kier molecular flexibility index (Phi) is 4.60. The van der Waals surface area contributed by atoms with Crippen LogP contribution >= 0.6 is 0 Å². The molecule has 0 N–H and O–H groups in total. The van der Waals surface area contributed by atoms with Gasteiger partial charge in [-0.15, -0.1) is 0 Å². The third kappa shape index (κ3) is 3.11. The van der Waals surface area contributed by atoms with Crippen molar-refractivity contribution < 1.29 is 22.1 Å². The molecule has 0 aliphatic heterocycles. The summed E-state index contributed by atoms with van der Waals surface area (Å²) in [7, 11) is -4.20. The summed E-state index contributed by atoms with van der Waals surface area (Å²) in [4.78, 5) is 12.2. The zero-order valence-corrected chi connectivity index (χ0v) is 14.8. The van der Waals surface area contributed by atoms with E-state index in [1.807, 2.05) is 0 Å². The molecule has 0 radical (unpaired) electrons. The lowest BCUT2D eigenvalue weighted by atomic mass is 10.1. The van der Waals surface area contributed by atoms with E-state index in [4.69, 9.17) is 4.52 Å². The van der Waals surface area contributed by atoms with Crippen molar-refractivity contribution in [3.05, 3.63) is 66.2 Å². The molecule has 134 valence electrons. The lowest BCUT2D eigenvalue weighted by molar-refractivity contribution is -0.115. The summed E-state index contributed by atoms with van der Waals surface area (Å²) in [5.41, 5.74) is 0.329. The van der Waals surface area contributed by atoms with Crippen molar-refractivity contribution >= 4 is 21.6 Å². The van der Waals surface area contributed by atoms with Crippen LogP contribution in [0.25, 0.3) is 11.3 Å². The molecule has 3 aromatic rings. The van der Waals surface area contributed by atoms with E-state index in [2.05, 4.69) is 5.16 Å². The van der Waals surface area contributed by atoms with E-state index in [9.17, 15) is 17.6 Å². The van der Waals surface area contributed by atoms with Crippen molar-refractivity contribution in [3.8, 4) is 11.3 Å². The van der Waals surface area contributed by atoms with Crippen LogP contribution in [0.5, 0.6) is 0 Å². The smallest absolute Gasteiger partial charge is 0.271 e. The third-order valence-corrected chi connectivity index (χ3v) is 5.49. The van der Waals surface area contributed by atoms with Gasteiger partial charge < -0.3 is 4.52 Å². The molecule has 2 aromatic carbocycles. The number of halogens is 1. The lowest BCUT2D eigenvalue weighted by Crippen LogP contribution is -2.35. The van der Waals surface area contributed by atoms with Crippen LogP contribution in [0.3, 0.4) is 0 Å². The number of aromatic nitrogens is 1. The molecule has 1 aromatic heterocycles. The normalized spacial score (nSPS) is 11.3. The van der Waals surface area contributed by atoms with Crippen LogP contribution in [0.1, 0.15) is 12.7 Å². The first kappa shape index (κ1) is 17.8. The van der Waals surface area contributed by atoms with Gasteiger partial charge in [0.2, 0.25) is 5.91 Å². The van der Waals surface area contributed by atoms with E-state index in [1.54, 1.807) is 24.3 Å². The van der Waals surface area contributed by atoms with E-state index >= 15 is 0 Å². The highest BCUT2D eigenvalue weighted by atomic mass is 32.2. The van der Waals surface area contributed by atoms with E-state index in [0.29, 0.717) is 9.87 Å². The van der Waals surface area contributed by atoms with Gasteiger partial charge in [0.15, 0.2) is 5.76 Å². The number of rotatable bonds is 4. The first-order valence-corrected chi connectivity index (χ1v) is 9.09. The Hall–Kier alpha value is -3.00. The summed E-state index contributed by atoms with van der Waals surface area (Å²) in [5, 5.41) is 3.84. The number of benzene rings is 2. The number of carbonyl (C=O) groups is 1. The topological polar surface area (TPSA) is 80.5 Å². The van der Waals surface area contributed by atoms with Gasteiger partial charge in [-0.2, -0.15) is 4.31 Å². The Balaban J connectivity index is 2.23. The summed E-state index contributed by atoms with van der Waals surface area (Å²) in [6, 6.07) is 13.0. The molecule has 0 bridgehead atoms. The van der Waals surface area contributed by atoms with E-state index in [0.717, 1.165) is 6.92 Å². The Labute approximate surface area is 149 Å². The first-order chi connectivity index (χ1) is 12.3. The number of nitrogens with zero attached hydrogens (tertiary/aromatic N) is 2. The molecule has 0 unspecified atom stereocenters. The molecule has 0 spiro atoms. The fourth-order valence-corrected chi connectivity index (χ4v) is 4.08. The Morgan fingerprint density at radius 1 is 1.12 bits per heavy atom. The Bertz CT molecular complexity index is 1060. The monoisotopic (exact) mass is 374 g/mol. The minimum absolute atomic E-state index is 0.0352. The minimum Gasteiger partial charge on any atom is -0.359 e. The first-order valence-electron chi connectivity index (χ1n) is 7.65. The van der Waals surface area contributed by atoms with Gasteiger partial charge in [0.05, 0.1) is 4.90 Å². The second kappa shape index (κ2) is 6.72. The average molecular weight is 374 g/mol. The van der Waals surface area contributed by atoms with Crippen LogP contribution in [-0.4, -0.2) is 19.5 Å². The minimum atomic E-state index is -4.20. The van der Waals surface area contributed by atoms with Gasteiger partial charge in [-0.3, -0.25) is 4.79 Å². The molecule has 26 heavy (non-hydrogen) atoms. The molecule has 6 nitrogen and oxygen atoms in total. The largest absolute Gasteiger partial charge is 0.359 e. The van der Waals surface area contributed by atoms with Crippen molar-refractivity contribution in [2.75, 3.05) is 4.31 Å². The summed E-state index contributed by atoms with van der Waals surface area (Å²) in [6.07, 6.45) is 0. The molecule has 0 fully saturated rings. The summed E-state index contributed by atoms with van der Waals surface area (Å²) < 4.78 is 45.4. The molecule has 1 heterocycles. The van der Waals surface area contributed by atoms with Crippen LogP contribution in [0.15, 0.2) is 64.0 Å². The van der Waals surface area contributed by atoms with Gasteiger partial charge in [-0.25, -0.2) is 12.8 Å². The number of sulfonamides is 1. The van der Waals surface area contributed by atoms with Crippen molar-refractivity contribution in [2.24, 2.45) is 0 Å².